The summed E-state index contributed by atoms with van der Waals surface area (Å²) in [6.07, 6.45) is 0.477. The number of amidine groups is 1. The molecule has 0 spiro atoms. The van der Waals surface area contributed by atoms with Crippen LogP contribution in [0.4, 0.5) is 0 Å². The zero-order chi connectivity index (χ0) is 13.5. The van der Waals surface area contributed by atoms with Crippen molar-refractivity contribution < 1.29 is 14.7 Å². The van der Waals surface area contributed by atoms with Gasteiger partial charge < -0.3 is 20.6 Å². The van der Waals surface area contributed by atoms with Crippen molar-refractivity contribution in [2.45, 2.75) is 27.2 Å². The Bertz CT molecular complexity index is 281. The second-order valence-corrected chi connectivity index (χ2v) is 4.05. The van der Waals surface area contributed by atoms with Gasteiger partial charge in [0.2, 0.25) is 5.91 Å². The highest BCUT2D eigenvalue weighted by Crippen LogP contribution is 2.24. The lowest BCUT2D eigenvalue weighted by molar-refractivity contribution is -0.138. The number of ether oxygens (including phenoxy) is 1. The van der Waals surface area contributed by atoms with Gasteiger partial charge >= 0.3 is 0 Å². The smallest absolute Gasteiger partial charge is 0.236 e. The van der Waals surface area contributed by atoms with Crippen molar-refractivity contribution in [3.05, 3.63) is 0 Å². The van der Waals surface area contributed by atoms with Crippen LogP contribution >= 0.6 is 0 Å². The van der Waals surface area contributed by atoms with Crippen molar-refractivity contribution in [1.29, 1.82) is 0 Å². The number of rotatable bonds is 7. The maximum absolute atomic E-state index is 12.3. The summed E-state index contributed by atoms with van der Waals surface area (Å²) < 4.78 is 4.95. The van der Waals surface area contributed by atoms with E-state index in [4.69, 9.17) is 15.7 Å². The first kappa shape index (κ1) is 15.7. The van der Waals surface area contributed by atoms with Gasteiger partial charge in [-0.05, 0) is 20.3 Å². The number of carbonyl (C=O) groups excluding carboxylic acids is 1. The first-order chi connectivity index (χ1) is 7.97. The van der Waals surface area contributed by atoms with E-state index in [0.29, 0.717) is 26.1 Å². The fraction of sp³-hybridized carbons (Fsp3) is 0.818. The minimum absolute atomic E-state index is 0.0548. The van der Waals surface area contributed by atoms with E-state index >= 15 is 0 Å². The predicted molar refractivity (Wildman–Crippen MR) is 65.9 cm³/mol. The molecule has 0 rings (SSSR count). The van der Waals surface area contributed by atoms with Gasteiger partial charge in [-0.25, -0.2) is 0 Å². The average Bonchev–Trinajstić information content (AvgIpc) is 2.37. The van der Waals surface area contributed by atoms with Gasteiger partial charge in [0.05, 0.1) is 6.61 Å². The molecule has 0 aromatic carbocycles. The Kier molecular flexibility index (Phi) is 6.57. The van der Waals surface area contributed by atoms with Crippen LogP contribution in [-0.2, 0) is 9.53 Å². The Morgan fingerprint density at radius 2 is 2.12 bits per heavy atom. The number of hydrogen-bond donors (Lipinski definition) is 2. The molecule has 1 amide bonds. The van der Waals surface area contributed by atoms with Gasteiger partial charge in [-0.2, -0.15) is 0 Å². The van der Waals surface area contributed by atoms with Gasteiger partial charge in [0.15, 0.2) is 5.84 Å². The van der Waals surface area contributed by atoms with E-state index in [0.717, 1.165) is 0 Å². The van der Waals surface area contributed by atoms with Gasteiger partial charge in [0.1, 0.15) is 5.41 Å². The fourth-order valence-corrected chi connectivity index (χ4v) is 1.51. The third kappa shape index (κ3) is 3.59. The minimum Gasteiger partial charge on any atom is -0.409 e. The molecule has 100 valence electrons. The van der Waals surface area contributed by atoms with Crippen molar-refractivity contribution in [2.24, 2.45) is 16.3 Å². The molecular formula is C11H23N3O3. The molecule has 0 aliphatic carbocycles. The average molecular weight is 245 g/mol. The maximum atomic E-state index is 12.3. The van der Waals surface area contributed by atoms with Crippen LogP contribution in [0.25, 0.3) is 0 Å². The van der Waals surface area contributed by atoms with Crippen LogP contribution in [0.2, 0.25) is 0 Å². The van der Waals surface area contributed by atoms with Crippen LogP contribution in [0.3, 0.4) is 0 Å². The van der Waals surface area contributed by atoms with Crippen molar-refractivity contribution >= 4 is 11.7 Å². The highest BCUT2D eigenvalue weighted by Gasteiger charge is 2.38. The standard InChI is InChI=1S/C11H23N3O3/c1-5-11(3,9(12)13-16)10(15)14(6-2)7-8-17-4/h16H,5-8H2,1-4H3,(H2,12,13). The summed E-state index contributed by atoms with van der Waals surface area (Å²) in [4.78, 5) is 14.0. The number of methoxy groups -OCH3 is 1. The quantitative estimate of drug-likeness (QED) is 0.298. The molecule has 0 bridgehead atoms. The summed E-state index contributed by atoms with van der Waals surface area (Å²) in [6, 6.07) is 0. The number of nitrogens with two attached hydrogens (primary N) is 1. The molecular weight excluding hydrogens is 222 g/mol. The first-order valence-corrected chi connectivity index (χ1v) is 5.74. The van der Waals surface area contributed by atoms with E-state index in [-0.39, 0.29) is 11.7 Å². The van der Waals surface area contributed by atoms with E-state index in [1.54, 1.807) is 18.9 Å². The van der Waals surface area contributed by atoms with E-state index < -0.39 is 5.41 Å². The predicted octanol–water partition coefficient (Wildman–Crippen LogP) is 0.644. The number of amides is 1. The molecule has 1 unspecified atom stereocenters. The number of likely N-dealkylation sites (N-methyl/N-ethyl adjacent to an activating group) is 1. The van der Waals surface area contributed by atoms with E-state index in [2.05, 4.69) is 5.16 Å². The topological polar surface area (TPSA) is 88.2 Å². The molecule has 0 aromatic heterocycles. The Labute approximate surface area is 102 Å². The zero-order valence-electron chi connectivity index (χ0n) is 11.1. The Morgan fingerprint density at radius 1 is 1.53 bits per heavy atom. The summed E-state index contributed by atoms with van der Waals surface area (Å²) in [5.74, 6) is -0.198. The molecule has 0 saturated carbocycles. The lowest BCUT2D eigenvalue weighted by atomic mass is 9.84. The molecule has 0 radical (unpaired) electrons. The van der Waals surface area contributed by atoms with Crippen molar-refractivity contribution in [3.8, 4) is 0 Å². The van der Waals surface area contributed by atoms with Crippen molar-refractivity contribution in [1.82, 2.24) is 4.90 Å². The Hall–Kier alpha value is -1.30. The molecule has 0 fully saturated rings. The third-order valence-corrected chi connectivity index (χ3v) is 3.09. The molecule has 0 heterocycles. The minimum atomic E-state index is -0.960. The lowest BCUT2D eigenvalue weighted by Gasteiger charge is -2.32. The summed E-state index contributed by atoms with van der Waals surface area (Å²) in [7, 11) is 1.58. The lowest BCUT2D eigenvalue weighted by Crippen LogP contribution is -2.50. The molecule has 0 aliphatic rings. The summed E-state index contributed by atoms with van der Waals surface area (Å²) in [6.45, 7) is 6.93. The number of hydrogen-bond acceptors (Lipinski definition) is 4. The molecule has 17 heavy (non-hydrogen) atoms. The highest BCUT2D eigenvalue weighted by atomic mass is 16.5. The van der Waals surface area contributed by atoms with Gasteiger partial charge in [-0.3, -0.25) is 4.79 Å². The zero-order valence-corrected chi connectivity index (χ0v) is 11.1. The van der Waals surface area contributed by atoms with Gasteiger partial charge in [-0.1, -0.05) is 12.1 Å². The SMILES string of the molecule is CCN(CCOC)C(=O)C(C)(CC)C(N)=NO. The number of carbonyl (C=O) groups is 1. The van der Waals surface area contributed by atoms with Crippen molar-refractivity contribution in [2.75, 3.05) is 26.8 Å². The van der Waals surface area contributed by atoms with Crippen molar-refractivity contribution in [3.63, 3.8) is 0 Å². The monoisotopic (exact) mass is 245 g/mol. The van der Waals surface area contributed by atoms with Crippen LogP contribution in [0, 0.1) is 5.41 Å². The van der Waals surface area contributed by atoms with Crippen LogP contribution in [-0.4, -0.2) is 48.7 Å². The second kappa shape index (κ2) is 7.11. The van der Waals surface area contributed by atoms with Gasteiger partial charge in [-0.15, -0.1) is 0 Å². The van der Waals surface area contributed by atoms with E-state index in [9.17, 15) is 4.79 Å². The summed E-state index contributed by atoms with van der Waals surface area (Å²) in [5.41, 5.74) is 4.65. The Morgan fingerprint density at radius 3 is 2.47 bits per heavy atom. The molecule has 6 nitrogen and oxygen atoms in total. The fourth-order valence-electron chi connectivity index (χ4n) is 1.51. The molecule has 1 atom stereocenters. The normalized spacial score (nSPS) is 15.4. The maximum Gasteiger partial charge on any atom is 0.236 e. The summed E-state index contributed by atoms with van der Waals surface area (Å²) >= 11 is 0. The number of nitrogens with zero attached hydrogens (tertiary/aromatic N) is 2. The van der Waals surface area contributed by atoms with Gasteiger partial charge in [0, 0.05) is 20.2 Å². The van der Waals surface area contributed by atoms with Gasteiger partial charge in [0.25, 0.3) is 0 Å². The molecule has 0 aliphatic heterocycles. The molecule has 6 heteroatoms. The van der Waals surface area contributed by atoms with E-state index in [1.165, 1.54) is 0 Å². The molecule has 0 aromatic rings. The van der Waals surface area contributed by atoms with E-state index in [1.807, 2.05) is 13.8 Å². The van der Waals surface area contributed by atoms with Crippen LogP contribution in [0.5, 0.6) is 0 Å². The van der Waals surface area contributed by atoms with Crippen LogP contribution < -0.4 is 5.73 Å². The second-order valence-electron chi connectivity index (χ2n) is 4.05. The third-order valence-electron chi connectivity index (χ3n) is 3.09. The first-order valence-electron chi connectivity index (χ1n) is 5.74. The molecule has 3 N–H and O–H groups in total. The largest absolute Gasteiger partial charge is 0.409 e. The summed E-state index contributed by atoms with van der Waals surface area (Å²) in [5, 5.41) is 11.7. The molecule has 0 saturated heterocycles. The highest BCUT2D eigenvalue weighted by molar-refractivity contribution is 6.06. The van der Waals surface area contributed by atoms with Crippen LogP contribution in [0.15, 0.2) is 5.16 Å². The van der Waals surface area contributed by atoms with Crippen LogP contribution in [0.1, 0.15) is 27.2 Å². The Balaban J connectivity index is 4.94. The number of oxime groups is 1.